The van der Waals surface area contributed by atoms with Crippen LogP contribution in [0.5, 0.6) is 0 Å². The Hall–Kier alpha value is -1.94. The van der Waals surface area contributed by atoms with E-state index in [1.807, 2.05) is 0 Å². The van der Waals surface area contributed by atoms with E-state index in [0.29, 0.717) is 31.6 Å². The molecule has 0 spiro atoms. The molecule has 0 saturated heterocycles. The molecule has 0 radical (unpaired) electrons. The molecule has 0 aromatic rings. The van der Waals surface area contributed by atoms with Gasteiger partial charge in [-0.3, -0.25) is 37.3 Å². The van der Waals surface area contributed by atoms with E-state index >= 15 is 0 Å². The van der Waals surface area contributed by atoms with Crippen LogP contribution in [0.3, 0.4) is 0 Å². The van der Waals surface area contributed by atoms with Crippen LogP contribution in [0, 0.1) is 23.7 Å². The summed E-state index contributed by atoms with van der Waals surface area (Å²) in [6.45, 7) is 14.0. The molecule has 0 saturated carbocycles. The van der Waals surface area contributed by atoms with Gasteiger partial charge in [0.15, 0.2) is 12.2 Å². The molecule has 516 valence electrons. The Morgan fingerprint density at radius 3 is 0.816 bits per heavy atom. The van der Waals surface area contributed by atoms with Crippen LogP contribution in [-0.2, 0) is 65.4 Å². The minimum absolute atomic E-state index is 0.103. The average Bonchev–Trinajstić information content (AvgIpc) is 3.70. The Morgan fingerprint density at radius 1 is 0.322 bits per heavy atom. The summed E-state index contributed by atoms with van der Waals surface area (Å²) in [7, 11) is -9.90. The minimum Gasteiger partial charge on any atom is -0.462 e. The number of carbonyl (C=O) groups excluding carboxylic acids is 4. The van der Waals surface area contributed by atoms with Crippen molar-refractivity contribution in [3.05, 3.63) is 0 Å². The first kappa shape index (κ1) is 85.1. The largest absolute Gasteiger partial charge is 0.472 e. The molecule has 0 heterocycles. The number of hydrogen-bond donors (Lipinski definition) is 3. The third kappa shape index (κ3) is 60.1. The maximum Gasteiger partial charge on any atom is 0.472 e. The molecule has 87 heavy (non-hydrogen) atoms. The topological polar surface area (TPSA) is 237 Å². The minimum atomic E-state index is -4.95. The van der Waals surface area contributed by atoms with Gasteiger partial charge in [0.2, 0.25) is 0 Å². The molecule has 5 unspecified atom stereocenters. The van der Waals surface area contributed by atoms with Gasteiger partial charge in [-0.2, -0.15) is 0 Å². The van der Waals surface area contributed by atoms with Crippen LogP contribution in [0.15, 0.2) is 0 Å². The van der Waals surface area contributed by atoms with E-state index in [1.54, 1.807) is 0 Å². The molecule has 0 aliphatic heterocycles. The van der Waals surface area contributed by atoms with Gasteiger partial charge >= 0.3 is 39.5 Å². The Bertz CT molecular complexity index is 1730. The zero-order valence-electron chi connectivity index (χ0n) is 56.6. The van der Waals surface area contributed by atoms with Crippen molar-refractivity contribution < 1.29 is 80.2 Å². The maximum absolute atomic E-state index is 13.0. The van der Waals surface area contributed by atoms with Gasteiger partial charge in [-0.1, -0.05) is 280 Å². The lowest BCUT2D eigenvalue weighted by Crippen LogP contribution is -2.30. The number of esters is 4. The number of aliphatic hydroxyl groups excluding tert-OH is 1. The lowest BCUT2D eigenvalue weighted by atomic mass is 9.99. The lowest BCUT2D eigenvalue weighted by Gasteiger charge is -2.21. The summed E-state index contributed by atoms with van der Waals surface area (Å²) >= 11 is 0. The van der Waals surface area contributed by atoms with Crippen molar-refractivity contribution >= 4 is 39.5 Å². The van der Waals surface area contributed by atoms with E-state index < -0.39 is 97.5 Å². The van der Waals surface area contributed by atoms with Crippen molar-refractivity contribution in [2.24, 2.45) is 23.7 Å². The van der Waals surface area contributed by atoms with E-state index in [2.05, 4.69) is 55.4 Å². The van der Waals surface area contributed by atoms with Crippen LogP contribution in [-0.4, -0.2) is 96.7 Å². The molecule has 0 amide bonds. The molecule has 17 nitrogen and oxygen atoms in total. The predicted octanol–water partition coefficient (Wildman–Crippen LogP) is 18.9. The molecule has 0 aromatic carbocycles. The van der Waals surface area contributed by atoms with Gasteiger partial charge in [0.1, 0.15) is 19.3 Å². The van der Waals surface area contributed by atoms with Crippen LogP contribution < -0.4 is 0 Å². The highest BCUT2D eigenvalue weighted by molar-refractivity contribution is 7.47. The van der Waals surface area contributed by atoms with Gasteiger partial charge in [0.05, 0.1) is 26.4 Å². The number of phosphoric acid groups is 2. The Labute approximate surface area is 530 Å². The highest BCUT2D eigenvalue weighted by Gasteiger charge is 2.30. The predicted molar refractivity (Wildman–Crippen MR) is 349 cm³/mol. The number of unbranched alkanes of at least 4 members (excludes halogenated alkanes) is 29. The fraction of sp³-hybridized carbons (Fsp3) is 0.941. The van der Waals surface area contributed by atoms with E-state index in [1.165, 1.54) is 122 Å². The lowest BCUT2D eigenvalue weighted by molar-refractivity contribution is -0.161. The molecule has 0 aliphatic rings. The second-order valence-electron chi connectivity index (χ2n) is 26.0. The van der Waals surface area contributed by atoms with Gasteiger partial charge in [-0.05, 0) is 49.4 Å². The van der Waals surface area contributed by atoms with Crippen LogP contribution in [0.1, 0.15) is 331 Å². The highest BCUT2D eigenvalue weighted by atomic mass is 31.2. The molecule has 0 bridgehead atoms. The summed E-state index contributed by atoms with van der Waals surface area (Å²) in [5.41, 5.74) is 0. The van der Waals surface area contributed by atoms with Crippen LogP contribution in [0.2, 0.25) is 0 Å². The summed E-state index contributed by atoms with van der Waals surface area (Å²) in [4.78, 5) is 72.4. The van der Waals surface area contributed by atoms with Crippen molar-refractivity contribution in [2.45, 2.75) is 350 Å². The Balaban J connectivity index is 5.26. The van der Waals surface area contributed by atoms with Crippen molar-refractivity contribution in [2.75, 3.05) is 39.6 Å². The smallest absolute Gasteiger partial charge is 0.462 e. The van der Waals surface area contributed by atoms with E-state index in [0.717, 1.165) is 120 Å². The normalized spacial score (nSPS) is 15.0. The SMILES string of the molecule is CCC(C)CCCCCCCCCCC(=O)O[C@H](COC(=O)CCCCCCCCC(C)CC)COP(=O)(O)OCC(O)COP(=O)(O)OC[C@@H](COC(=O)CCCCCCCCCC(C)C)OC(=O)CCCCCCCCCCCCCCC(C)C. The summed E-state index contributed by atoms with van der Waals surface area (Å²) in [5.74, 6) is 0.847. The summed E-state index contributed by atoms with van der Waals surface area (Å²) in [6, 6.07) is 0. The molecule has 3 N–H and O–H groups in total. The van der Waals surface area contributed by atoms with Gasteiger partial charge in [0.25, 0.3) is 0 Å². The van der Waals surface area contributed by atoms with Gasteiger partial charge in [0, 0.05) is 25.7 Å². The summed E-state index contributed by atoms with van der Waals surface area (Å²) in [6.07, 6.45) is 39.0. The fourth-order valence-electron chi connectivity index (χ4n) is 10.1. The van der Waals surface area contributed by atoms with Crippen molar-refractivity contribution in [3.63, 3.8) is 0 Å². The molecular formula is C68H132O17P2. The number of ether oxygens (including phenoxy) is 4. The van der Waals surface area contributed by atoms with Crippen LogP contribution in [0.4, 0.5) is 0 Å². The first-order chi connectivity index (χ1) is 41.7. The maximum atomic E-state index is 13.0. The number of aliphatic hydroxyl groups is 1. The zero-order valence-corrected chi connectivity index (χ0v) is 58.4. The highest BCUT2D eigenvalue weighted by Crippen LogP contribution is 2.45. The average molecular weight is 1280 g/mol. The fourth-order valence-corrected chi connectivity index (χ4v) is 11.7. The molecular weight excluding hydrogens is 1150 g/mol. The number of hydrogen-bond acceptors (Lipinski definition) is 15. The van der Waals surface area contributed by atoms with Crippen molar-refractivity contribution in [3.8, 4) is 0 Å². The molecule has 0 aliphatic carbocycles. The first-order valence-corrected chi connectivity index (χ1v) is 38.3. The number of carbonyl (C=O) groups is 4. The van der Waals surface area contributed by atoms with Gasteiger partial charge in [-0.25, -0.2) is 9.13 Å². The number of rotatable bonds is 65. The zero-order chi connectivity index (χ0) is 64.7. The summed E-state index contributed by atoms with van der Waals surface area (Å²) in [5, 5.41) is 10.6. The van der Waals surface area contributed by atoms with Crippen molar-refractivity contribution in [1.29, 1.82) is 0 Å². The van der Waals surface area contributed by atoms with Crippen LogP contribution in [0.25, 0.3) is 0 Å². The molecule has 0 fully saturated rings. The monoisotopic (exact) mass is 1280 g/mol. The first-order valence-electron chi connectivity index (χ1n) is 35.3. The van der Waals surface area contributed by atoms with E-state index in [4.69, 9.17) is 37.0 Å². The Morgan fingerprint density at radius 2 is 0.552 bits per heavy atom. The molecule has 19 heteroatoms. The number of phosphoric ester groups is 2. The van der Waals surface area contributed by atoms with Crippen molar-refractivity contribution in [1.82, 2.24) is 0 Å². The molecule has 0 rings (SSSR count). The standard InChI is InChI=1S/C68H132O17P2/c1-9-60(7)46-38-30-22-17-18-24-35-43-51-68(73)85-64(55-79-66(71)49-41-33-27-26-31-39-47-61(8)10-2)57-83-87(76,77)81-53-62(69)52-80-86(74,75)82-56-63(54-78-65(70)48-40-32-25-19-21-29-37-45-59(5)6)84-67(72)50-42-34-23-16-14-12-11-13-15-20-28-36-44-58(3)4/h58-64,69H,9-57H2,1-8H3,(H,74,75)(H,76,77)/t60?,61?,62?,63-,64-/m1/s1. The van der Waals surface area contributed by atoms with Gasteiger partial charge < -0.3 is 33.8 Å². The molecule has 7 atom stereocenters. The van der Waals surface area contributed by atoms with Crippen LogP contribution >= 0.6 is 15.6 Å². The second-order valence-corrected chi connectivity index (χ2v) is 28.9. The molecule has 0 aromatic heterocycles. The van der Waals surface area contributed by atoms with E-state index in [-0.39, 0.29) is 25.7 Å². The summed E-state index contributed by atoms with van der Waals surface area (Å²) < 4.78 is 68.2. The van der Waals surface area contributed by atoms with Gasteiger partial charge in [-0.15, -0.1) is 0 Å². The Kier molecular flexibility index (Phi) is 56.6. The second kappa shape index (κ2) is 57.9. The quantitative estimate of drug-likeness (QED) is 0.0222. The third-order valence-corrected chi connectivity index (χ3v) is 18.2. The third-order valence-electron chi connectivity index (χ3n) is 16.3. The van der Waals surface area contributed by atoms with E-state index in [9.17, 15) is 43.2 Å².